The molecule has 0 bridgehead atoms. The van der Waals surface area contributed by atoms with E-state index in [1.54, 1.807) is 6.07 Å². The van der Waals surface area contributed by atoms with Crippen LogP contribution in [0.4, 0.5) is 10.1 Å². The van der Waals surface area contributed by atoms with Crippen LogP contribution in [0.5, 0.6) is 0 Å². The maximum absolute atomic E-state index is 13.5. The van der Waals surface area contributed by atoms with Crippen molar-refractivity contribution >= 4 is 11.6 Å². The summed E-state index contributed by atoms with van der Waals surface area (Å²) in [4.78, 5) is 12.5. The van der Waals surface area contributed by atoms with E-state index in [4.69, 9.17) is 0 Å². The normalized spacial score (nSPS) is 20.4. The first kappa shape index (κ1) is 9.19. The SMILES string of the molecule is CC(=O)N1c2ccccc2CC[C@@H]1F. The Morgan fingerprint density at radius 1 is 1.50 bits per heavy atom. The quantitative estimate of drug-likeness (QED) is 0.579. The van der Waals surface area contributed by atoms with Gasteiger partial charge in [0, 0.05) is 19.0 Å². The largest absolute Gasteiger partial charge is 0.281 e. The molecule has 2 rings (SSSR count). The minimum absolute atomic E-state index is 0.232. The Labute approximate surface area is 82.3 Å². The Kier molecular flexibility index (Phi) is 2.23. The van der Waals surface area contributed by atoms with Crippen LogP contribution in [0.2, 0.25) is 0 Å². The summed E-state index contributed by atoms with van der Waals surface area (Å²) in [6, 6.07) is 7.47. The van der Waals surface area contributed by atoms with Gasteiger partial charge >= 0.3 is 0 Å². The fraction of sp³-hybridized carbons (Fsp3) is 0.364. The predicted molar refractivity (Wildman–Crippen MR) is 52.8 cm³/mol. The van der Waals surface area contributed by atoms with E-state index in [2.05, 4.69) is 0 Å². The van der Waals surface area contributed by atoms with E-state index in [0.29, 0.717) is 12.8 Å². The maximum Gasteiger partial charge on any atom is 0.226 e. The molecule has 0 radical (unpaired) electrons. The van der Waals surface area contributed by atoms with Crippen LogP contribution in [0.1, 0.15) is 18.9 Å². The summed E-state index contributed by atoms with van der Waals surface area (Å²) in [6.07, 6.45) is -0.0556. The third kappa shape index (κ3) is 1.39. The zero-order chi connectivity index (χ0) is 10.1. The number of nitrogens with zero attached hydrogens (tertiary/aromatic N) is 1. The number of benzene rings is 1. The second-order valence-electron chi connectivity index (χ2n) is 3.49. The molecular weight excluding hydrogens is 181 g/mol. The number of rotatable bonds is 0. The van der Waals surface area contributed by atoms with Gasteiger partial charge in [-0.1, -0.05) is 18.2 Å². The molecule has 1 aliphatic rings. The Bertz CT molecular complexity index is 364. The average Bonchev–Trinajstić information content (AvgIpc) is 2.17. The van der Waals surface area contributed by atoms with Gasteiger partial charge in [0.2, 0.25) is 5.91 Å². The number of hydrogen-bond donors (Lipinski definition) is 0. The summed E-state index contributed by atoms with van der Waals surface area (Å²) in [5, 5.41) is 0. The van der Waals surface area contributed by atoms with Gasteiger partial charge in [0.15, 0.2) is 6.30 Å². The fourth-order valence-corrected chi connectivity index (χ4v) is 1.88. The van der Waals surface area contributed by atoms with Crippen LogP contribution in [0.25, 0.3) is 0 Å². The number of halogens is 1. The molecule has 1 heterocycles. The van der Waals surface area contributed by atoms with Gasteiger partial charge in [0.25, 0.3) is 0 Å². The van der Waals surface area contributed by atoms with E-state index in [9.17, 15) is 9.18 Å². The number of carbonyl (C=O) groups excluding carboxylic acids is 1. The summed E-state index contributed by atoms with van der Waals surface area (Å²) in [5.41, 5.74) is 1.77. The minimum atomic E-state index is -1.16. The second kappa shape index (κ2) is 3.40. The van der Waals surface area contributed by atoms with E-state index < -0.39 is 6.30 Å². The molecule has 0 saturated carbocycles. The molecule has 3 heteroatoms. The summed E-state index contributed by atoms with van der Waals surface area (Å²) in [5.74, 6) is -0.232. The van der Waals surface area contributed by atoms with Crippen molar-refractivity contribution in [2.24, 2.45) is 0 Å². The third-order valence-corrected chi connectivity index (χ3v) is 2.52. The summed E-state index contributed by atoms with van der Waals surface area (Å²) < 4.78 is 13.5. The van der Waals surface area contributed by atoms with E-state index in [0.717, 1.165) is 11.3 Å². The Balaban J connectivity index is 2.46. The van der Waals surface area contributed by atoms with Gasteiger partial charge in [0.05, 0.1) is 0 Å². The number of para-hydroxylation sites is 1. The average molecular weight is 193 g/mol. The molecule has 0 aromatic heterocycles. The number of carbonyl (C=O) groups is 1. The molecule has 0 spiro atoms. The van der Waals surface area contributed by atoms with Gasteiger partial charge in [0.1, 0.15) is 0 Å². The summed E-state index contributed by atoms with van der Waals surface area (Å²) in [6.45, 7) is 1.40. The van der Waals surface area contributed by atoms with Crippen LogP contribution < -0.4 is 4.90 Å². The molecule has 2 nitrogen and oxygen atoms in total. The Morgan fingerprint density at radius 2 is 2.21 bits per heavy atom. The van der Waals surface area contributed by atoms with Crippen LogP contribution in [-0.2, 0) is 11.2 Å². The highest BCUT2D eigenvalue weighted by Crippen LogP contribution is 2.30. The van der Waals surface area contributed by atoms with Crippen molar-refractivity contribution in [3.05, 3.63) is 29.8 Å². The number of hydrogen-bond acceptors (Lipinski definition) is 1. The molecule has 0 unspecified atom stereocenters. The third-order valence-electron chi connectivity index (χ3n) is 2.52. The fourth-order valence-electron chi connectivity index (χ4n) is 1.88. The van der Waals surface area contributed by atoms with Crippen molar-refractivity contribution in [1.82, 2.24) is 0 Å². The van der Waals surface area contributed by atoms with Crippen molar-refractivity contribution in [3.63, 3.8) is 0 Å². The van der Waals surface area contributed by atoms with Gasteiger partial charge in [-0.05, 0) is 18.1 Å². The highest BCUT2D eigenvalue weighted by atomic mass is 19.1. The van der Waals surface area contributed by atoms with Crippen LogP contribution in [-0.4, -0.2) is 12.2 Å². The van der Waals surface area contributed by atoms with Gasteiger partial charge in [-0.15, -0.1) is 0 Å². The molecule has 74 valence electrons. The molecule has 1 aliphatic heterocycles. The van der Waals surface area contributed by atoms with Crippen molar-refractivity contribution < 1.29 is 9.18 Å². The van der Waals surface area contributed by atoms with E-state index in [1.807, 2.05) is 18.2 Å². The Morgan fingerprint density at radius 3 is 2.93 bits per heavy atom. The van der Waals surface area contributed by atoms with E-state index in [-0.39, 0.29) is 5.91 Å². The summed E-state index contributed by atoms with van der Waals surface area (Å²) >= 11 is 0. The van der Waals surface area contributed by atoms with Crippen molar-refractivity contribution in [1.29, 1.82) is 0 Å². The zero-order valence-corrected chi connectivity index (χ0v) is 8.03. The molecule has 0 fully saturated rings. The monoisotopic (exact) mass is 193 g/mol. The number of aryl methyl sites for hydroxylation is 1. The first-order valence-electron chi connectivity index (χ1n) is 4.72. The first-order chi connectivity index (χ1) is 6.70. The van der Waals surface area contributed by atoms with E-state index >= 15 is 0 Å². The first-order valence-corrected chi connectivity index (χ1v) is 4.72. The predicted octanol–water partition coefficient (Wildman–Crippen LogP) is 2.28. The smallest absolute Gasteiger partial charge is 0.226 e. The topological polar surface area (TPSA) is 20.3 Å². The highest BCUT2D eigenvalue weighted by Gasteiger charge is 2.28. The van der Waals surface area contributed by atoms with Gasteiger partial charge < -0.3 is 0 Å². The number of alkyl halides is 1. The minimum Gasteiger partial charge on any atom is -0.281 e. The standard InChI is InChI=1S/C11H12FNO/c1-8(14)13-10-5-3-2-4-9(10)6-7-11(13)12/h2-5,11H,6-7H2,1H3/t11-/m1/s1. The second-order valence-corrected chi connectivity index (χ2v) is 3.49. The van der Waals surface area contributed by atoms with Gasteiger partial charge in [-0.3, -0.25) is 9.69 Å². The Hall–Kier alpha value is -1.38. The number of amides is 1. The molecule has 1 atom stereocenters. The lowest BCUT2D eigenvalue weighted by Gasteiger charge is -2.31. The highest BCUT2D eigenvalue weighted by molar-refractivity contribution is 5.93. The molecule has 0 aliphatic carbocycles. The zero-order valence-electron chi connectivity index (χ0n) is 8.03. The molecular formula is C11H12FNO. The lowest BCUT2D eigenvalue weighted by atomic mass is 10.0. The van der Waals surface area contributed by atoms with Crippen LogP contribution in [0.15, 0.2) is 24.3 Å². The molecule has 1 aromatic rings. The lowest BCUT2D eigenvalue weighted by molar-refractivity contribution is -0.117. The summed E-state index contributed by atoms with van der Waals surface area (Å²) in [7, 11) is 0. The van der Waals surface area contributed by atoms with Crippen molar-refractivity contribution in [2.75, 3.05) is 4.90 Å². The lowest BCUT2D eigenvalue weighted by Crippen LogP contribution is -2.39. The molecule has 1 amide bonds. The maximum atomic E-state index is 13.5. The number of fused-ring (bicyclic) bond motifs is 1. The number of anilines is 1. The van der Waals surface area contributed by atoms with Crippen molar-refractivity contribution in [2.45, 2.75) is 26.1 Å². The molecule has 0 N–H and O–H groups in total. The molecule has 14 heavy (non-hydrogen) atoms. The molecule has 0 saturated heterocycles. The van der Waals surface area contributed by atoms with Gasteiger partial charge in [-0.25, -0.2) is 4.39 Å². The molecule has 1 aromatic carbocycles. The van der Waals surface area contributed by atoms with Crippen LogP contribution in [0.3, 0.4) is 0 Å². The van der Waals surface area contributed by atoms with Crippen LogP contribution in [0, 0.1) is 0 Å². The van der Waals surface area contributed by atoms with Gasteiger partial charge in [-0.2, -0.15) is 0 Å². The van der Waals surface area contributed by atoms with Crippen molar-refractivity contribution in [3.8, 4) is 0 Å². The van der Waals surface area contributed by atoms with E-state index in [1.165, 1.54) is 11.8 Å². The van der Waals surface area contributed by atoms with Crippen LogP contribution >= 0.6 is 0 Å².